The molecule has 0 N–H and O–H groups in total. The number of ether oxygens (including phenoxy) is 1. The second kappa shape index (κ2) is 5.75. The Morgan fingerprint density at radius 1 is 1.53 bits per heavy atom. The smallest absolute Gasteiger partial charge is 0.170 e. The van der Waals surface area contributed by atoms with Crippen LogP contribution in [0.2, 0.25) is 0 Å². The molecular formula is C14H21BrN2O2. The highest BCUT2D eigenvalue weighted by Gasteiger charge is 2.38. The molecule has 0 radical (unpaired) electrons. The molecule has 0 bridgehead atoms. The van der Waals surface area contributed by atoms with Gasteiger partial charge >= 0.3 is 0 Å². The average molecular weight is 329 g/mol. The summed E-state index contributed by atoms with van der Waals surface area (Å²) in [5, 5.41) is 4.53. The van der Waals surface area contributed by atoms with Gasteiger partial charge in [-0.3, -0.25) is 9.48 Å². The predicted molar refractivity (Wildman–Crippen MR) is 77.3 cm³/mol. The van der Waals surface area contributed by atoms with Gasteiger partial charge in [0.2, 0.25) is 0 Å². The zero-order valence-corrected chi connectivity index (χ0v) is 13.4. The maximum absolute atomic E-state index is 12.5. The van der Waals surface area contributed by atoms with E-state index in [4.69, 9.17) is 4.74 Å². The van der Waals surface area contributed by atoms with E-state index in [0.29, 0.717) is 13.0 Å². The molecule has 1 atom stereocenters. The van der Waals surface area contributed by atoms with Crippen LogP contribution in [0.15, 0.2) is 4.47 Å². The van der Waals surface area contributed by atoms with Crippen molar-refractivity contribution in [1.29, 1.82) is 0 Å². The lowest BCUT2D eigenvalue weighted by atomic mass is 9.94. The van der Waals surface area contributed by atoms with Gasteiger partial charge in [-0.15, -0.1) is 0 Å². The molecule has 19 heavy (non-hydrogen) atoms. The Morgan fingerprint density at radius 3 is 2.79 bits per heavy atom. The quantitative estimate of drug-likeness (QED) is 0.834. The van der Waals surface area contributed by atoms with Crippen molar-refractivity contribution in [3.63, 3.8) is 0 Å². The van der Waals surface area contributed by atoms with E-state index in [0.717, 1.165) is 41.7 Å². The number of ketones is 1. The Bertz CT molecular complexity index is 476. The second-order valence-electron chi connectivity index (χ2n) is 5.16. The standard InChI is InChI=1S/C14H21BrN2O2/c1-4-10-13(15)11(17(5-2)16-10)9-12(18)14(3)7-6-8-19-14/h4-9H2,1-3H3. The van der Waals surface area contributed by atoms with E-state index in [1.165, 1.54) is 0 Å². The number of aromatic nitrogens is 2. The van der Waals surface area contributed by atoms with Crippen molar-refractivity contribution in [1.82, 2.24) is 9.78 Å². The molecule has 0 aliphatic carbocycles. The Labute approximate surface area is 122 Å². The summed E-state index contributed by atoms with van der Waals surface area (Å²) < 4.78 is 8.52. The van der Waals surface area contributed by atoms with Gasteiger partial charge in [0.15, 0.2) is 5.78 Å². The highest BCUT2D eigenvalue weighted by atomic mass is 79.9. The Kier molecular flexibility index (Phi) is 4.46. The van der Waals surface area contributed by atoms with Crippen LogP contribution >= 0.6 is 15.9 Å². The molecule has 0 spiro atoms. The van der Waals surface area contributed by atoms with Gasteiger partial charge in [0, 0.05) is 13.2 Å². The SMILES string of the molecule is CCc1nn(CC)c(CC(=O)C2(C)CCCO2)c1Br. The summed E-state index contributed by atoms with van der Waals surface area (Å²) >= 11 is 3.58. The largest absolute Gasteiger partial charge is 0.367 e. The van der Waals surface area contributed by atoms with Gasteiger partial charge in [-0.1, -0.05) is 6.92 Å². The minimum Gasteiger partial charge on any atom is -0.367 e. The summed E-state index contributed by atoms with van der Waals surface area (Å²) in [7, 11) is 0. The molecule has 5 heteroatoms. The number of hydrogen-bond donors (Lipinski definition) is 0. The average Bonchev–Trinajstić information content (AvgIpc) is 2.96. The van der Waals surface area contributed by atoms with Crippen LogP contribution in [-0.4, -0.2) is 27.8 Å². The van der Waals surface area contributed by atoms with Gasteiger partial charge in [-0.05, 0) is 49.0 Å². The van der Waals surface area contributed by atoms with Crippen molar-refractivity contribution in [2.45, 2.75) is 58.6 Å². The molecule has 1 saturated heterocycles. The minimum atomic E-state index is -0.603. The number of rotatable bonds is 5. The summed E-state index contributed by atoms with van der Waals surface area (Å²) in [6, 6.07) is 0. The number of aryl methyl sites for hydroxylation is 2. The van der Waals surface area contributed by atoms with Crippen LogP contribution in [0.25, 0.3) is 0 Å². The van der Waals surface area contributed by atoms with E-state index in [-0.39, 0.29) is 5.78 Å². The molecule has 0 saturated carbocycles. The molecule has 1 aliphatic rings. The van der Waals surface area contributed by atoms with Gasteiger partial charge < -0.3 is 4.74 Å². The third-order valence-electron chi connectivity index (χ3n) is 3.83. The van der Waals surface area contributed by atoms with E-state index in [9.17, 15) is 4.79 Å². The zero-order valence-electron chi connectivity index (χ0n) is 11.8. The van der Waals surface area contributed by atoms with E-state index in [1.807, 2.05) is 18.5 Å². The Hall–Kier alpha value is -0.680. The molecule has 1 aromatic rings. The zero-order chi connectivity index (χ0) is 14.0. The van der Waals surface area contributed by atoms with Crippen molar-refractivity contribution in [2.24, 2.45) is 0 Å². The van der Waals surface area contributed by atoms with E-state index < -0.39 is 5.60 Å². The normalized spacial score (nSPS) is 22.9. The molecule has 1 aliphatic heterocycles. The fourth-order valence-corrected chi connectivity index (χ4v) is 3.23. The van der Waals surface area contributed by atoms with Crippen LogP contribution in [0, 0.1) is 0 Å². The summed E-state index contributed by atoms with van der Waals surface area (Å²) in [4.78, 5) is 12.5. The monoisotopic (exact) mass is 328 g/mol. The molecule has 1 aromatic heterocycles. The van der Waals surface area contributed by atoms with Crippen LogP contribution < -0.4 is 0 Å². The molecule has 0 amide bonds. The number of Topliss-reactive ketones (excluding diaryl/α,β-unsaturated/α-hetero) is 1. The van der Waals surface area contributed by atoms with E-state index >= 15 is 0 Å². The highest BCUT2D eigenvalue weighted by molar-refractivity contribution is 9.10. The highest BCUT2D eigenvalue weighted by Crippen LogP contribution is 2.29. The maximum atomic E-state index is 12.5. The van der Waals surface area contributed by atoms with Gasteiger partial charge in [-0.2, -0.15) is 5.10 Å². The first-order valence-corrected chi connectivity index (χ1v) is 7.72. The summed E-state index contributed by atoms with van der Waals surface area (Å²) in [5.41, 5.74) is 1.39. The summed E-state index contributed by atoms with van der Waals surface area (Å²) in [5.74, 6) is 0.156. The fourth-order valence-electron chi connectivity index (χ4n) is 2.52. The van der Waals surface area contributed by atoms with Gasteiger partial charge in [0.05, 0.1) is 22.3 Å². The van der Waals surface area contributed by atoms with Gasteiger partial charge in [0.25, 0.3) is 0 Å². The first-order chi connectivity index (χ1) is 9.01. The summed E-state index contributed by atoms with van der Waals surface area (Å²) in [6.45, 7) is 7.49. The lowest BCUT2D eigenvalue weighted by Crippen LogP contribution is -2.36. The van der Waals surface area contributed by atoms with Crippen molar-refractivity contribution in [3.8, 4) is 0 Å². The molecule has 4 nitrogen and oxygen atoms in total. The van der Waals surface area contributed by atoms with Crippen LogP contribution in [0.3, 0.4) is 0 Å². The first-order valence-electron chi connectivity index (χ1n) is 6.93. The Morgan fingerprint density at radius 2 is 2.26 bits per heavy atom. The molecule has 1 unspecified atom stereocenters. The lowest BCUT2D eigenvalue weighted by molar-refractivity contribution is -0.136. The summed E-state index contributed by atoms with van der Waals surface area (Å²) in [6.07, 6.45) is 3.04. The van der Waals surface area contributed by atoms with Crippen molar-refractivity contribution < 1.29 is 9.53 Å². The topological polar surface area (TPSA) is 44.1 Å². The molecule has 1 fully saturated rings. The molecule has 106 valence electrons. The number of carbonyl (C=O) groups excluding carboxylic acids is 1. The second-order valence-corrected chi connectivity index (χ2v) is 5.95. The van der Waals surface area contributed by atoms with Crippen LogP contribution in [-0.2, 0) is 28.9 Å². The van der Waals surface area contributed by atoms with Crippen molar-refractivity contribution in [3.05, 3.63) is 15.9 Å². The van der Waals surface area contributed by atoms with E-state index in [2.05, 4.69) is 28.0 Å². The molecule has 2 heterocycles. The fraction of sp³-hybridized carbons (Fsp3) is 0.714. The number of halogens is 1. The molecular weight excluding hydrogens is 308 g/mol. The number of hydrogen-bond acceptors (Lipinski definition) is 3. The van der Waals surface area contributed by atoms with Crippen LogP contribution in [0.5, 0.6) is 0 Å². The maximum Gasteiger partial charge on any atom is 0.170 e. The number of nitrogens with zero attached hydrogens (tertiary/aromatic N) is 2. The molecule has 0 aromatic carbocycles. The predicted octanol–water partition coefficient (Wildman–Crippen LogP) is 2.91. The van der Waals surface area contributed by atoms with E-state index in [1.54, 1.807) is 0 Å². The van der Waals surface area contributed by atoms with Crippen molar-refractivity contribution in [2.75, 3.05) is 6.61 Å². The number of carbonyl (C=O) groups is 1. The van der Waals surface area contributed by atoms with Crippen molar-refractivity contribution >= 4 is 21.7 Å². The third kappa shape index (κ3) is 2.77. The lowest BCUT2D eigenvalue weighted by Gasteiger charge is -2.21. The van der Waals surface area contributed by atoms with Crippen LogP contribution in [0.4, 0.5) is 0 Å². The minimum absolute atomic E-state index is 0.156. The molecule has 2 rings (SSSR count). The Balaban J connectivity index is 2.23. The van der Waals surface area contributed by atoms with Crippen LogP contribution in [0.1, 0.15) is 45.0 Å². The van der Waals surface area contributed by atoms with Gasteiger partial charge in [-0.25, -0.2) is 0 Å². The first kappa shape index (κ1) is 14.7. The third-order valence-corrected chi connectivity index (χ3v) is 4.75. The van der Waals surface area contributed by atoms with Gasteiger partial charge in [0.1, 0.15) is 5.60 Å².